The van der Waals surface area contributed by atoms with E-state index in [2.05, 4.69) is 10.6 Å². The second kappa shape index (κ2) is 9.96. The smallest absolute Gasteiger partial charge is 0.225 e. The van der Waals surface area contributed by atoms with Crippen molar-refractivity contribution < 1.29 is 14.3 Å². The number of anilines is 1. The minimum atomic E-state index is -0.0985. The molecular weight excluding hydrogens is 318 g/mol. The molecule has 0 radical (unpaired) electrons. The standard InChI is InChI=1S/C19H21N3O3/c1-24-17-5-7-18(8-6-17)25-12-11-21-10-9-19(23)22-16-4-2-3-15(13-16)14-20/h2-8,13,21H,9-12H2,1H3,(H,22,23). The molecule has 0 aliphatic heterocycles. The van der Waals surface area contributed by atoms with Crippen molar-refractivity contribution in [3.05, 3.63) is 54.1 Å². The van der Waals surface area contributed by atoms with Crippen molar-refractivity contribution in [3.8, 4) is 17.6 Å². The maximum absolute atomic E-state index is 11.8. The first kappa shape index (κ1) is 18.3. The molecule has 0 saturated carbocycles. The van der Waals surface area contributed by atoms with Gasteiger partial charge < -0.3 is 20.1 Å². The molecule has 0 unspecified atom stereocenters. The Hall–Kier alpha value is -3.04. The molecule has 1 amide bonds. The number of benzene rings is 2. The third-order valence-corrected chi connectivity index (χ3v) is 3.41. The summed E-state index contributed by atoms with van der Waals surface area (Å²) in [5.41, 5.74) is 1.15. The highest BCUT2D eigenvalue weighted by Gasteiger charge is 2.03. The van der Waals surface area contributed by atoms with Gasteiger partial charge in [-0.1, -0.05) is 6.07 Å². The van der Waals surface area contributed by atoms with Gasteiger partial charge in [0.15, 0.2) is 0 Å². The van der Waals surface area contributed by atoms with Gasteiger partial charge in [0, 0.05) is 25.2 Å². The van der Waals surface area contributed by atoms with Crippen LogP contribution in [0.25, 0.3) is 0 Å². The molecular formula is C19H21N3O3. The number of hydrogen-bond donors (Lipinski definition) is 2. The van der Waals surface area contributed by atoms with Gasteiger partial charge in [-0.15, -0.1) is 0 Å². The quantitative estimate of drug-likeness (QED) is 0.686. The first-order valence-electron chi connectivity index (χ1n) is 7.99. The summed E-state index contributed by atoms with van der Waals surface area (Å²) < 4.78 is 10.7. The van der Waals surface area contributed by atoms with Crippen LogP contribution in [0.1, 0.15) is 12.0 Å². The van der Waals surface area contributed by atoms with Crippen molar-refractivity contribution in [1.29, 1.82) is 5.26 Å². The van der Waals surface area contributed by atoms with Crippen LogP contribution < -0.4 is 20.1 Å². The molecule has 0 fully saturated rings. The van der Waals surface area contributed by atoms with Gasteiger partial charge in [-0.05, 0) is 42.5 Å². The van der Waals surface area contributed by atoms with Gasteiger partial charge in [-0.2, -0.15) is 5.26 Å². The SMILES string of the molecule is COc1ccc(OCCNCCC(=O)Nc2cccc(C#N)c2)cc1. The van der Waals surface area contributed by atoms with E-state index in [4.69, 9.17) is 14.7 Å². The molecule has 0 aromatic heterocycles. The highest BCUT2D eigenvalue weighted by Crippen LogP contribution is 2.16. The number of carbonyl (C=O) groups is 1. The van der Waals surface area contributed by atoms with Gasteiger partial charge in [0.2, 0.25) is 5.91 Å². The second-order valence-corrected chi connectivity index (χ2v) is 5.26. The number of nitrogens with zero attached hydrogens (tertiary/aromatic N) is 1. The third kappa shape index (κ3) is 6.53. The fourth-order valence-electron chi connectivity index (χ4n) is 2.13. The van der Waals surface area contributed by atoms with Crippen LogP contribution >= 0.6 is 0 Å². The zero-order chi connectivity index (χ0) is 17.9. The summed E-state index contributed by atoms with van der Waals surface area (Å²) in [6, 6.07) is 16.3. The summed E-state index contributed by atoms with van der Waals surface area (Å²) in [7, 11) is 1.62. The zero-order valence-corrected chi connectivity index (χ0v) is 14.1. The van der Waals surface area contributed by atoms with E-state index in [-0.39, 0.29) is 5.91 Å². The Morgan fingerprint density at radius 2 is 1.88 bits per heavy atom. The van der Waals surface area contributed by atoms with Crippen LogP contribution in [-0.2, 0) is 4.79 Å². The molecule has 130 valence electrons. The number of nitriles is 1. The van der Waals surface area contributed by atoms with Gasteiger partial charge in [-0.3, -0.25) is 4.79 Å². The highest BCUT2D eigenvalue weighted by atomic mass is 16.5. The van der Waals surface area contributed by atoms with Gasteiger partial charge >= 0.3 is 0 Å². The van der Waals surface area contributed by atoms with Gasteiger partial charge in [0.25, 0.3) is 0 Å². The van der Waals surface area contributed by atoms with E-state index in [0.29, 0.717) is 37.4 Å². The van der Waals surface area contributed by atoms with Crippen molar-refractivity contribution in [3.63, 3.8) is 0 Å². The number of methoxy groups -OCH3 is 1. The van der Waals surface area contributed by atoms with Crippen LogP contribution in [0.5, 0.6) is 11.5 Å². The van der Waals surface area contributed by atoms with Crippen LogP contribution in [0.3, 0.4) is 0 Å². The van der Waals surface area contributed by atoms with Crippen LogP contribution in [0.2, 0.25) is 0 Å². The Bertz CT molecular complexity index is 723. The highest BCUT2D eigenvalue weighted by molar-refractivity contribution is 5.90. The van der Waals surface area contributed by atoms with Gasteiger partial charge in [-0.25, -0.2) is 0 Å². The van der Waals surface area contributed by atoms with E-state index in [9.17, 15) is 4.79 Å². The fourth-order valence-corrected chi connectivity index (χ4v) is 2.13. The molecule has 0 aliphatic rings. The van der Waals surface area contributed by atoms with Crippen LogP contribution in [0.15, 0.2) is 48.5 Å². The second-order valence-electron chi connectivity index (χ2n) is 5.26. The summed E-state index contributed by atoms with van der Waals surface area (Å²) in [4.78, 5) is 11.8. The topological polar surface area (TPSA) is 83.4 Å². The van der Waals surface area contributed by atoms with Crippen molar-refractivity contribution >= 4 is 11.6 Å². The predicted octanol–water partition coefficient (Wildman–Crippen LogP) is 2.56. The maximum atomic E-state index is 11.8. The predicted molar refractivity (Wildman–Crippen MR) is 95.8 cm³/mol. The fraction of sp³-hybridized carbons (Fsp3) is 0.263. The van der Waals surface area contributed by atoms with Gasteiger partial charge in [0.05, 0.1) is 18.7 Å². The summed E-state index contributed by atoms with van der Waals surface area (Å²) in [6.45, 7) is 1.71. The lowest BCUT2D eigenvalue weighted by Gasteiger charge is -2.09. The molecule has 2 aromatic rings. The Morgan fingerprint density at radius 1 is 1.12 bits per heavy atom. The minimum absolute atomic E-state index is 0.0985. The van der Waals surface area contributed by atoms with Crippen LogP contribution in [0, 0.1) is 11.3 Å². The zero-order valence-electron chi connectivity index (χ0n) is 14.1. The molecule has 0 spiro atoms. The Balaban J connectivity index is 1.59. The van der Waals surface area contributed by atoms with Crippen LogP contribution in [0.4, 0.5) is 5.69 Å². The molecule has 6 heteroatoms. The van der Waals surface area contributed by atoms with E-state index in [1.165, 1.54) is 0 Å². The molecule has 0 saturated heterocycles. The summed E-state index contributed by atoms with van der Waals surface area (Å²) in [6.07, 6.45) is 0.347. The largest absolute Gasteiger partial charge is 0.497 e. The number of nitrogens with one attached hydrogen (secondary N) is 2. The summed E-state index contributed by atoms with van der Waals surface area (Å²) in [5.74, 6) is 1.47. The number of hydrogen-bond acceptors (Lipinski definition) is 5. The van der Waals surface area contributed by atoms with Gasteiger partial charge in [0.1, 0.15) is 18.1 Å². The molecule has 2 N–H and O–H groups in total. The summed E-state index contributed by atoms with van der Waals surface area (Å²) in [5, 5.41) is 14.8. The van der Waals surface area contributed by atoms with Crippen molar-refractivity contribution in [2.24, 2.45) is 0 Å². The third-order valence-electron chi connectivity index (χ3n) is 3.41. The molecule has 2 aromatic carbocycles. The van der Waals surface area contributed by atoms with Crippen molar-refractivity contribution in [1.82, 2.24) is 5.32 Å². The monoisotopic (exact) mass is 339 g/mol. The Kier molecular flexibility index (Phi) is 7.29. The first-order valence-corrected chi connectivity index (χ1v) is 7.99. The first-order chi connectivity index (χ1) is 12.2. The molecule has 0 atom stereocenters. The van der Waals surface area contributed by atoms with Crippen molar-refractivity contribution in [2.45, 2.75) is 6.42 Å². The molecule has 0 aliphatic carbocycles. The number of ether oxygens (including phenoxy) is 2. The van der Waals surface area contributed by atoms with E-state index >= 15 is 0 Å². The van der Waals surface area contributed by atoms with E-state index < -0.39 is 0 Å². The number of amides is 1. The number of carbonyl (C=O) groups excluding carboxylic acids is 1. The average Bonchev–Trinajstić information content (AvgIpc) is 2.65. The Morgan fingerprint density at radius 3 is 2.60 bits per heavy atom. The lowest BCUT2D eigenvalue weighted by Crippen LogP contribution is -2.25. The lowest BCUT2D eigenvalue weighted by atomic mass is 10.2. The molecule has 0 heterocycles. The van der Waals surface area contributed by atoms with E-state index in [1.54, 1.807) is 31.4 Å². The summed E-state index contributed by atoms with van der Waals surface area (Å²) >= 11 is 0. The lowest BCUT2D eigenvalue weighted by molar-refractivity contribution is -0.116. The molecule has 6 nitrogen and oxygen atoms in total. The van der Waals surface area contributed by atoms with E-state index in [1.807, 2.05) is 30.3 Å². The van der Waals surface area contributed by atoms with Crippen molar-refractivity contribution in [2.75, 3.05) is 32.1 Å². The number of rotatable bonds is 9. The molecule has 0 bridgehead atoms. The normalized spacial score (nSPS) is 9.92. The van der Waals surface area contributed by atoms with Crippen LogP contribution in [-0.4, -0.2) is 32.7 Å². The minimum Gasteiger partial charge on any atom is -0.497 e. The Labute approximate surface area is 147 Å². The average molecular weight is 339 g/mol. The van der Waals surface area contributed by atoms with E-state index in [0.717, 1.165) is 11.5 Å². The maximum Gasteiger partial charge on any atom is 0.225 e. The molecule has 25 heavy (non-hydrogen) atoms. The molecule has 2 rings (SSSR count).